The second-order valence-corrected chi connectivity index (χ2v) is 6.59. The van der Waals surface area contributed by atoms with Gasteiger partial charge in [0.2, 0.25) is 0 Å². The second-order valence-electron chi connectivity index (χ2n) is 6.59. The molecule has 0 spiro atoms. The number of anilines is 3. The number of nitrogens with two attached hydrogens (primary N) is 1. The predicted molar refractivity (Wildman–Crippen MR) is 85.1 cm³/mol. The van der Waals surface area contributed by atoms with Crippen molar-refractivity contribution in [3.8, 4) is 0 Å². The Morgan fingerprint density at radius 1 is 1.35 bits per heavy atom. The molecule has 0 aliphatic carbocycles. The molecular formula is C15H27N5. The van der Waals surface area contributed by atoms with E-state index >= 15 is 0 Å². The van der Waals surface area contributed by atoms with E-state index in [4.69, 9.17) is 5.73 Å². The van der Waals surface area contributed by atoms with Gasteiger partial charge in [-0.1, -0.05) is 6.92 Å². The lowest BCUT2D eigenvalue weighted by Gasteiger charge is -2.37. The fourth-order valence-corrected chi connectivity index (χ4v) is 2.77. The first-order chi connectivity index (χ1) is 9.42. The normalized spacial score (nSPS) is 20.0. The number of nitrogens with zero attached hydrogens (tertiary/aromatic N) is 3. The fraction of sp³-hybridized carbons (Fsp3) is 0.733. The van der Waals surface area contributed by atoms with Gasteiger partial charge in [0, 0.05) is 18.1 Å². The van der Waals surface area contributed by atoms with Crippen molar-refractivity contribution in [2.45, 2.75) is 65.0 Å². The predicted octanol–water partition coefficient (Wildman–Crippen LogP) is 3.04. The zero-order valence-corrected chi connectivity index (χ0v) is 13.1. The van der Waals surface area contributed by atoms with Crippen molar-refractivity contribution in [1.29, 1.82) is 0 Å². The van der Waals surface area contributed by atoms with Crippen LogP contribution in [0.5, 0.6) is 0 Å². The van der Waals surface area contributed by atoms with Gasteiger partial charge in [0.15, 0.2) is 11.6 Å². The van der Waals surface area contributed by atoms with Crippen LogP contribution in [0.25, 0.3) is 0 Å². The lowest BCUT2D eigenvalue weighted by molar-refractivity contribution is 0.447. The molecule has 1 saturated heterocycles. The molecule has 1 aromatic heterocycles. The van der Waals surface area contributed by atoms with E-state index in [1.54, 1.807) is 6.33 Å². The number of hydrogen-bond acceptors (Lipinski definition) is 5. The van der Waals surface area contributed by atoms with Gasteiger partial charge in [-0.2, -0.15) is 0 Å². The van der Waals surface area contributed by atoms with Crippen LogP contribution in [0.2, 0.25) is 0 Å². The smallest absolute Gasteiger partial charge is 0.157 e. The SMILES string of the molecule is CCC1CCCCN1c1ncnc(NC(C)(C)C)c1N. The molecule has 3 N–H and O–H groups in total. The van der Waals surface area contributed by atoms with Crippen LogP contribution in [0, 0.1) is 0 Å². The lowest BCUT2D eigenvalue weighted by Crippen LogP contribution is -2.40. The molecule has 1 aromatic rings. The molecule has 0 radical (unpaired) electrons. The highest BCUT2D eigenvalue weighted by Crippen LogP contribution is 2.32. The molecule has 0 bridgehead atoms. The van der Waals surface area contributed by atoms with Crippen LogP contribution in [-0.4, -0.2) is 28.1 Å². The molecule has 1 aliphatic rings. The maximum absolute atomic E-state index is 6.31. The zero-order valence-electron chi connectivity index (χ0n) is 13.1. The van der Waals surface area contributed by atoms with Gasteiger partial charge in [-0.3, -0.25) is 0 Å². The quantitative estimate of drug-likeness (QED) is 0.889. The molecule has 5 heteroatoms. The third kappa shape index (κ3) is 3.32. The molecule has 2 heterocycles. The summed E-state index contributed by atoms with van der Waals surface area (Å²) in [5, 5.41) is 3.36. The van der Waals surface area contributed by atoms with Crippen LogP contribution in [0.3, 0.4) is 0 Å². The van der Waals surface area contributed by atoms with E-state index in [0.717, 1.165) is 24.6 Å². The van der Waals surface area contributed by atoms with E-state index in [2.05, 4.69) is 47.9 Å². The van der Waals surface area contributed by atoms with Crippen LogP contribution < -0.4 is 16.0 Å². The molecule has 112 valence electrons. The summed E-state index contributed by atoms with van der Waals surface area (Å²) in [5.41, 5.74) is 6.91. The molecule has 0 saturated carbocycles. The Morgan fingerprint density at radius 3 is 2.75 bits per heavy atom. The third-order valence-corrected chi connectivity index (χ3v) is 3.73. The van der Waals surface area contributed by atoms with Gasteiger partial charge in [0.25, 0.3) is 0 Å². The summed E-state index contributed by atoms with van der Waals surface area (Å²) in [6.45, 7) is 9.57. The highest BCUT2D eigenvalue weighted by molar-refractivity contribution is 5.75. The summed E-state index contributed by atoms with van der Waals surface area (Å²) in [4.78, 5) is 11.1. The third-order valence-electron chi connectivity index (χ3n) is 3.73. The molecule has 1 unspecified atom stereocenters. The van der Waals surface area contributed by atoms with Crippen LogP contribution in [0.4, 0.5) is 17.3 Å². The van der Waals surface area contributed by atoms with E-state index in [1.807, 2.05) is 0 Å². The minimum atomic E-state index is -0.0637. The topological polar surface area (TPSA) is 67.1 Å². The van der Waals surface area contributed by atoms with Gasteiger partial charge >= 0.3 is 0 Å². The molecule has 1 atom stereocenters. The second kappa shape index (κ2) is 5.85. The summed E-state index contributed by atoms with van der Waals surface area (Å²) in [5.74, 6) is 1.63. The Bertz CT molecular complexity index is 452. The van der Waals surface area contributed by atoms with Crippen molar-refractivity contribution < 1.29 is 0 Å². The summed E-state index contributed by atoms with van der Waals surface area (Å²) in [6.07, 6.45) is 6.48. The summed E-state index contributed by atoms with van der Waals surface area (Å²) >= 11 is 0. The first-order valence-corrected chi connectivity index (χ1v) is 7.57. The van der Waals surface area contributed by atoms with Crippen LogP contribution in [0.15, 0.2) is 6.33 Å². The summed E-state index contributed by atoms with van der Waals surface area (Å²) < 4.78 is 0. The molecule has 0 aromatic carbocycles. The van der Waals surface area contributed by atoms with Gasteiger partial charge < -0.3 is 16.0 Å². The Hall–Kier alpha value is -1.52. The molecule has 20 heavy (non-hydrogen) atoms. The van der Waals surface area contributed by atoms with Gasteiger partial charge in [0.1, 0.15) is 12.0 Å². The van der Waals surface area contributed by atoms with Crippen LogP contribution >= 0.6 is 0 Å². The number of rotatable bonds is 3. The highest BCUT2D eigenvalue weighted by atomic mass is 15.2. The number of hydrogen-bond donors (Lipinski definition) is 2. The molecule has 1 aliphatic heterocycles. The Balaban J connectivity index is 2.29. The first-order valence-electron chi connectivity index (χ1n) is 7.57. The van der Waals surface area contributed by atoms with Gasteiger partial charge in [-0.15, -0.1) is 0 Å². The number of nitrogen functional groups attached to an aromatic ring is 1. The monoisotopic (exact) mass is 277 g/mol. The van der Waals surface area contributed by atoms with Gasteiger partial charge in [-0.25, -0.2) is 9.97 Å². The lowest BCUT2D eigenvalue weighted by atomic mass is 10.00. The number of piperidine rings is 1. The maximum Gasteiger partial charge on any atom is 0.157 e. The van der Waals surface area contributed by atoms with Gasteiger partial charge in [-0.05, 0) is 46.5 Å². The van der Waals surface area contributed by atoms with Crippen molar-refractivity contribution in [2.75, 3.05) is 22.5 Å². The minimum Gasteiger partial charge on any atom is -0.393 e. The van der Waals surface area contributed by atoms with E-state index in [-0.39, 0.29) is 5.54 Å². The van der Waals surface area contributed by atoms with Crippen LogP contribution in [-0.2, 0) is 0 Å². The number of aromatic nitrogens is 2. The standard InChI is InChI=1S/C15H27N5/c1-5-11-8-6-7-9-20(11)14-12(16)13(17-10-18-14)19-15(2,3)4/h10-11H,5-9,16H2,1-4H3,(H,17,18,19). The van der Waals surface area contributed by atoms with E-state index in [1.165, 1.54) is 19.3 Å². The molecule has 2 rings (SSSR count). The molecule has 1 fully saturated rings. The summed E-state index contributed by atoms with van der Waals surface area (Å²) in [7, 11) is 0. The molecule has 0 amide bonds. The highest BCUT2D eigenvalue weighted by Gasteiger charge is 2.25. The van der Waals surface area contributed by atoms with Crippen LogP contribution in [0.1, 0.15) is 53.4 Å². The van der Waals surface area contributed by atoms with Crippen molar-refractivity contribution in [2.24, 2.45) is 0 Å². The Labute approximate surface area is 122 Å². The van der Waals surface area contributed by atoms with E-state index in [9.17, 15) is 0 Å². The molecular weight excluding hydrogens is 250 g/mol. The van der Waals surface area contributed by atoms with Crippen molar-refractivity contribution in [1.82, 2.24) is 9.97 Å². The Kier molecular flexibility index (Phi) is 4.35. The number of nitrogens with one attached hydrogen (secondary N) is 1. The zero-order chi connectivity index (χ0) is 14.8. The average molecular weight is 277 g/mol. The van der Waals surface area contributed by atoms with Crippen molar-refractivity contribution in [3.63, 3.8) is 0 Å². The maximum atomic E-state index is 6.31. The van der Waals surface area contributed by atoms with Crippen molar-refractivity contribution in [3.05, 3.63) is 6.33 Å². The van der Waals surface area contributed by atoms with E-state index in [0.29, 0.717) is 11.7 Å². The minimum absolute atomic E-state index is 0.0637. The average Bonchev–Trinajstić information content (AvgIpc) is 2.40. The van der Waals surface area contributed by atoms with E-state index < -0.39 is 0 Å². The molecule has 5 nitrogen and oxygen atoms in total. The largest absolute Gasteiger partial charge is 0.393 e. The fourth-order valence-electron chi connectivity index (χ4n) is 2.77. The first kappa shape index (κ1) is 14.9. The summed E-state index contributed by atoms with van der Waals surface area (Å²) in [6, 6.07) is 0.545. The van der Waals surface area contributed by atoms with Gasteiger partial charge in [0.05, 0.1) is 0 Å². The van der Waals surface area contributed by atoms with Crippen molar-refractivity contribution >= 4 is 17.3 Å². The Morgan fingerprint density at radius 2 is 2.10 bits per heavy atom.